The first kappa shape index (κ1) is 14.0. The number of anilines is 1. The zero-order valence-corrected chi connectivity index (χ0v) is 13.3. The first-order chi connectivity index (χ1) is 9.78. The molecule has 2 aliphatic rings. The predicted octanol–water partition coefficient (Wildman–Crippen LogP) is 4.63. The van der Waals surface area contributed by atoms with Gasteiger partial charge < -0.3 is 5.32 Å². The van der Waals surface area contributed by atoms with Crippen LogP contribution in [0.3, 0.4) is 0 Å². The Morgan fingerprint density at radius 2 is 2.15 bits per heavy atom. The third-order valence-electron chi connectivity index (χ3n) is 4.56. The van der Waals surface area contributed by atoms with Gasteiger partial charge in [0.15, 0.2) is 5.17 Å². The molecular formula is C17H24N2S. The summed E-state index contributed by atoms with van der Waals surface area (Å²) >= 11 is 1.91. The fraction of sp³-hybridized carbons (Fsp3) is 0.588. The van der Waals surface area contributed by atoms with E-state index in [0.717, 1.165) is 17.5 Å². The Labute approximate surface area is 126 Å². The van der Waals surface area contributed by atoms with Crippen molar-refractivity contribution in [1.82, 2.24) is 0 Å². The first-order valence-electron chi connectivity index (χ1n) is 7.84. The Hall–Kier alpha value is -0.960. The molecule has 1 saturated carbocycles. The van der Waals surface area contributed by atoms with Gasteiger partial charge in [0.25, 0.3) is 0 Å². The summed E-state index contributed by atoms with van der Waals surface area (Å²) in [6.45, 7) is 4.39. The number of aliphatic imine (C=N–C) groups is 1. The van der Waals surface area contributed by atoms with E-state index in [1.54, 1.807) is 0 Å². The number of hydrogen-bond donors (Lipinski definition) is 1. The van der Waals surface area contributed by atoms with Gasteiger partial charge in [0.2, 0.25) is 0 Å². The zero-order valence-electron chi connectivity index (χ0n) is 12.5. The Kier molecular flexibility index (Phi) is 4.35. The number of nitrogens with one attached hydrogen (secondary N) is 1. The predicted molar refractivity (Wildman–Crippen MR) is 89.8 cm³/mol. The molecule has 0 radical (unpaired) electrons. The van der Waals surface area contributed by atoms with Gasteiger partial charge in [0.05, 0.1) is 6.04 Å². The first-order valence-corrected chi connectivity index (χ1v) is 8.82. The Bertz CT molecular complexity index is 510. The van der Waals surface area contributed by atoms with Crippen LogP contribution in [0.2, 0.25) is 0 Å². The van der Waals surface area contributed by atoms with E-state index in [0.29, 0.717) is 6.04 Å². The molecule has 3 heteroatoms. The van der Waals surface area contributed by atoms with Crippen LogP contribution < -0.4 is 5.32 Å². The monoisotopic (exact) mass is 288 g/mol. The lowest BCUT2D eigenvalue weighted by molar-refractivity contribution is 0.336. The van der Waals surface area contributed by atoms with Crippen molar-refractivity contribution in [2.45, 2.75) is 52.0 Å². The largest absolute Gasteiger partial charge is 0.335 e. The topological polar surface area (TPSA) is 24.4 Å². The van der Waals surface area contributed by atoms with Crippen molar-refractivity contribution in [2.24, 2.45) is 10.9 Å². The minimum absolute atomic E-state index is 0.571. The second-order valence-electron chi connectivity index (χ2n) is 5.94. The summed E-state index contributed by atoms with van der Waals surface area (Å²) in [6.07, 6.45) is 6.48. The van der Waals surface area contributed by atoms with Crippen LogP contribution in [0.25, 0.3) is 0 Å². The van der Waals surface area contributed by atoms with Gasteiger partial charge in [-0.05, 0) is 43.2 Å². The average Bonchev–Trinajstić information content (AvgIpc) is 2.49. The molecule has 1 heterocycles. The lowest BCUT2D eigenvalue weighted by Crippen LogP contribution is -2.32. The molecule has 1 N–H and O–H groups in total. The van der Waals surface area contributed by atoms with Crippen molar-refractivity contribution in [3.63, 3.8) is 0 Å². The van der Waals surface area contributed by atoms with Crippen LogP contribution in [0.15, 0.2) is 23.2 Å². The molecule has 2 atom stereocenters. The van der Waals surface area contributed by atoms with E-state index in [2.05, 4.69) is 37.4 Å². The molecule has 0 aromatic heterocycles. The lowest BCUT2D eigenvalue weighted by Gasteiger charge is -2.33. The molecule has 3 rings (SSSR count). The van der Waals surface area contributed by atoms with Gasteiger partial charge in [-0.1, -0.05) is 49.7 Å². The molecule has 108 valence electrons. The Morgan fingerprint density at radius 1 is 1.30 bits per heavy atom. The van der Waals surface area contributed by atoms with Crippen LogP contribution >= 0.6 is 11.8 Å². The van der Waals surface area contributed by atoms with Crippen molar-refractivity contribution < 1.29 is 0 Å². The van der Waals surface area contributed by atoms with Crippen LogP contribution in [0.1, 0.15) is 43.7 Å². The van der Waals surface area contributed by atoms with Crippen LogP contribution in [-0.4, -0.2) is 17.0 Å². The molecule has 0 saturated heterocycles. The molecule has 2 nitrogen and oxygen atoms in total. The molecule has 0 spiro atoms. The van der Waals surface area contributed by atoms with E-state index in [4.69, 9.17) is 4.99 Å². The summed E-state index contributed by atoms with van der Waals surface area (Å²) in [5, 5.41) is 4.75. The van der Waals surface area contributed by atoms with Crippen molar-refractivity contribution in [3.05, 3.63) is 29.3 Å². The molecule has 0 bridgehead atoms. The molecule has 2 unspecified atom stereocenters. The van der Waals surface area contributed by atoms with Crippen molar-refractivity contribution in [3.8, 4) is 0 Å². The lowest BCUT2D eigenvalue weighted by atomic mass is 9.86. The van der Waals surface area contributed by atoms with Crippen LogP contribution in [0.5, 0.6) is 0 Å². The van der Waals surface area contributed by atoms with Crippen molar-refractivity contribution in [1.29, 1.82) is 0 Å². The summed E-state index contributed by atoms with van der Waals surface area (Å²) in [5.41, 5.74) is 3.98. The smallest absolute Gasteiger partial charge is 0.161 e. The molecule has 1 aliphatic heterocycles. The molecule has 1 aromatic rings. The van der Waals surface area contributed by atoms with Crippen LogP contribution in [0.4, 0.5) is 5.69 Å². The van der Waals surface area contributed by atoms with Gasteiger partial charge in [-0.15, -0.1) is 0 Å². The van der Waals surface area contributed by atoms with Gasteiger partial charge in [-0.25, -0.2) is 0 Å². The second kappa shape index (κ2) is 6.21. The van der Waals surface area contributed by atoms with Crippen molar-refractivity contribution in [2.75, 3.05) is 11.1 Å². The Morgan fingerprint density at radius 3 is 3.00 bits per heavy atom. The van der Waals surface area contributed by atoms with E-state index < -0.39 is 0 Å². The van der Waals surface area contributed by atoms with Gasteiger partial charge in [0, 0.05) is 11.4 Å². The van der Waals surface area contributed by atoms with Gasteiger partial charge in [-0.2, -0.15) is 0 Å². The fourth-order valence-corrected chi connectivity index (χ4v) is 4.45. The van der Waals surface area contributed by atoms with Gasteiger partial charge in [-0.3, -0.25) is 4.99 Å². The van der Waals surface area contributed by atoms with E-state index in [1.807, 2.05) is 11.8 Å². The molecule has 1 aromatic carbocycles. The number of hydrogen-bond acceptors (Lipinski definition) is 3. The summed E-state index contributed by atoms with van der Waals surface area (Å²) < 4.78 is 0. The molecule has 1 fully saturated rings. The van der Waals surface area contributed by atoms with Gasteiger partial charge in [0.1, 0.15) is 0 Å². The second-order valence-corrected chi connectivity index (χ2v) is 6.95. The minimum Gasteiger partial charge on any atom is -0.335 e. The summed E-state index contributed by atoms with van der Waals surface area (Å²) in [6, 6.07) is 7.11. The third kappa shape index (κ3) is 2.88. The quantitative estimate of drug-likeness (QED) is 0.858. The molecular weight excluding hydrogens is 264 g/mol. The summed E-state index contributed by atoms with van der Waals surface area (Å²) in [7, 11) is 0. The number of nitrogens with zero attached hydrogens (tertiary/aromatic N) is 1. The maximum absolute atomic E-state index is 4.98. The van der Waals surface area contributed by atoms with Crippen LogP contribution in [0, 0.1) is 12.8 Å². The Balaban J connectivity index is 1.80. The standard InChI is InChI=1S/C17H24N2S/c1-3-13-9-6-7-12(2)16(13)19-17-18-15-10-5-4-8-14(15)11-20-17/h6-7,9,14-15H,3-5,8,10-11H2,1-2H3,(H,18,19). The maximum Gasteiger partial charge on any atom is 0.161 e. The molecule has 20 heavy (non-hydrogen) atoms. The normalized spacial score (nSPS) is 25.8. The van der Waals surface area contributed by atoms with Gasteiger partial charge >= 0.3 is 0 Å². The van der Waals surface area contributed by atoms with Crippen LogP contribution in [-0.2, 0) is 6.42 Å². The highest BCUT2D eigenvalue weighted by atomic mass is 32.2. The number of rotatable bonds is 2. The van der Waals surface area contributed by atoms with E-state index in [9.17, 15) is 0 Å². The number of thioether (sulfide) groups is 1. The average molecular weight is 288 g/mol. The highest BCUT2D eigenvalue weighted by molar-refractivity contribution is 8.14. The number of benzene rings is 1. The number of fused-ring (bicyclic) bond motifs is 1. The zero-order chi connectivity index (χ0) is 13.9. The van der Waals surface area contributed by atoms with E-state index in [1.165, 1.54) is 48.3 Å². The third-order valence-corrected chi connectivity index (χ3v) is 5.63. The fourth-order valence-electron chi connectivity index (χ4n) is 3.30. The van der Waals surface area contributed by atoms with E-state index >= 15 is 0 Å². The number of para-hydroxylation sites is 1. The maximum atomic E-state index is 4.98. The summed E-state index contributed by atoms with van der Waals surface area (Å²) in [4.78, 5) is 4.98. The van der Waals surface area contributed by atoms with E-state index in [-0.39, 0.29) is 0 Å². The SMILES string of the molecule is CCc1cccc(C)c1NC1=NC2CCCCC2CS1. The summed E-state index contributed by atoms with van der Waals surface area (Å²) in [5.74, 6) is 2.06. The van der Waals surface area contributed by atoms with Crippen molar-refractivity contribution >= 4 is 22.6 Å². The minimum atomic E-state index is 0.571. The number of aryl methyl sites for hydroxylation is 2. The highest BCUT2D eigenvalue weighted by Gasteiger charge is 2.29. The molecule has 1 aliphatic carbocycles. The highest BCUT2D eigenvalue weighted by Crippen LogP contribution is 2.35. The number of amidine groups is 1. The molecule has 0 amide bonds.